The van der Waals surface area contributed by atoms with Crippen molar-refractivity contribution in [3.63, 3.8) is 0 Å². The summed E-state index contributed by atoms with van der Waals surface area (Å²) < 4.78 is 21.8. The van der Waals surface area contributed by atoms with Crippen molar-refractivity contribution < 1.29 is 18.9 Å². The second-order valence-electron chi connectivity index (χ2n) is 3.07. The lowest BCUT2D eigenvalue weighted by atomic mass is 10.3. The highest BCUT2D eigenvalue weighted by Gasteiger charge is 2.36. The van der Waals surface area contributed by atoms with Gasteiger partial charge in [0.15, 0.2) is 12.6 Å². The Hall–Kier alpha value is -0.160. The molecule has 14 heavy (non-hydrogen) atoms. The maximum absolute atomic E-state index is 5.54. The molecular formula is C10H20O4. The van der Waals surface area contributed by atoms with Crippen molar-refractivity contribution in [3.8, 4) is 0 Å². The Morgan fingerprint density at radius 3 is 2.21 bits per heavy atom. The van der Waals surface area contributed by atoms with Crippen LogP contribution in [-0.4, -0.2) is 38.5 Å². The molecule has 0 aromatic heterocycles. The fourth-order valence-corrected chi connectivity index (χ4v) is 1.56. The molecule has 3 atom stereocenters. The number of hydrogen-bond acceptors (Lipinski definition) is 4. The lowest BCUT2D eigenvalue weighted by Crippen LogP contribution is -2.27. The zero-order valence-electron chi connectivity index (χ0n) is 9.19. The number of hydrogen-bond donors (Lipinski definition) is 0. The molecule has 1 aliphatic rings. The molecule has 1 saturated heterocycles. The molecule has 1 fully saturated rings. The first-order chi connectivity index (χ1) is 6.81. The minimum atomic E-state index is -0.267. The van der Waals surface area contributed by atoms with Crippen molar-refractivity contribution >= 4 is 0 Å². The van der Waals surface area contributed by atoms with Crippen molar-refractivity contribution in [2.45, 2.75) is 45.9 Å². The van der Waals surface area contributed by atoms with Gasteiger partial charge in [-0.05, 0) is 20.8 Å². The first kappa shape index (κ1) is 11.9. The maximum Gasteiger partial charge on any atom is 0.186 e. The van der Waals surface area contributed by atoms with Crippen LogP contribution in [0.1, 0.15) is 27.2 Å². The van der Waals surface area contributed by atoms with E-state index >= 15 is 0 Å². The summed E-state index contributed by atoms with van der Waals surface area (Å²) in [5.41, 5.74) is 0. The molecule has 0 aromatic rings. The summed E-state index contributed by atoms with van der Waals surface area (Å²) in [5.74, 6) is 0. The quantitative estimate of drug-likeness (QED) is 0.657. The molecule has 0 aromatic carbocycles. The average Bonchev–Trinajstić information content (AvgIpc) is 2.50. The molecule has 0 radical (unpaired) electrons. The van der Waals surface area contributed by atoms with Crippen LogP contribution >= 0.6 is 0 Å². The van der Waals surface area contributed by atoms with E-state index in [0.717, 1.165) is 6.42 Å². The van der Waals surface area contributed by atoms with Gasteiger partial charge < -0.3 is 18.9 Å². The van der Waals surface area contributed by atoms with Gasteiger partial charge in [0.05, 0.1) is 0 Å². The van der Waals surface area contributed by atoms with Gasteiger partial charge in [0.2, 0.25) is 0 Å². The lowest BCUT2D eigenvalue weighted by molar-refractivity contribution is -0.218. The molecule has 0 aliphatic carbocycles. The zero-order chi connectivity index (χ0) is 10.4. The van der Waals surface area contributed by atoms with Crippen LogP contribution < -0.4 is 0 Å². The minimum Gasteiger partial charge on any atom is -0.373 e. The predicted molar refractivity (Wildman–Crippen MR) is 51.9 cm³/mol. The van der Waals surface area contributed by atoms with Gasteiger partial charge in [-0.15, -0.1) is 0 Å². The van der Waals surface area contributed by atoms with Crippen LogP contribution in [0.25, 0.3) is 0 Å². The van der Waals surface area contributed by atoms with Crippen LogP contribution in [0.15, 0.2) is 0 Å². The largest absolute Gasteiger partial charge is 0.373 e. The van der Waals surface area contributed by atoms with Gasteiger partial charge in [-0.2, -0.15) is 0 Å². The van der Waals surface area contributed by atoms with E-state index in [1.54, 1.807) is 0 Å². The molecule has 3 unspecified atom stereocenters. The van der Waals surface area contributed by atoms with E-state index in [2.05, 4.69) is 0 Å². The number of ether oxygens (including phenoxy) is 4. The van der Waals surface area contributed by atoms with Crippen LogP contribution in [-0.2, 0) is 18.9 Å². The molecular weight excluding hydrogens is 184 g/mol. The van der Waals surface area contributed by atoms with Gasteiger partial charge in [-0.3, -0.25) is 0 Å². The second-order valence-corrected chi connectivity index (χ2v) is 3.07. The summed E-state index contributed by atoms with van der Waals surface area (Å²) in [6.07, 6.45) is 0.327. The summed E-state index contributed by atoms with van der Waals surface area (Å²) in [4.78, 5) is 0. The second kappa shape index (κ2) is 6.35. The molecule has 0 bridgehead atoms. The van der Waals surface area contributed by atoms with E-state index in [1.807, 2.05) is 20.8 Å². The van der Waals surface area contributed by atoms with Gasteiger partial charge >= 0.3 is 0 Å². The Kier molecular flexibility index (Phi) is 5.40. The van der Waals surface area contributed by atoms with E-state index in [-0.39, 0.29) is 18.7 Å². The van der Waals surface area contributed by atoms with Gasteiger partial charge in [-0.1, -0.05) is 0 Å². The molecule has 0 amide bonds. The molecule has 1 heterocycles. The SMILES string of the molecule is CCOC1CC(OCC)C(OCC)O1. The van der Waals surface area contributed by atoms with Gasteiger partial charge in [0.25, 0.3) is 0 Å². The van der Waals surface area contributed by atoms with Crippen molar-refractivity contribution in [2.24, 2.45) is 0 Å². The molecule has 4 heteroatoms. The van der Waals surface area contributed by atoms with Gasteiger partial charge in [0, 0.05) is 26.2 Å². The van der Waals surface area contributed by atoms with Crippen LogP contribution in [0, 0.1) is 0 Å². The van der Waals surface area contributed by atoms with Crippen LogP contribution in [0.3, 0.4) is 0 Å². The number of rotatable bonds is 6. The van der Waals surface area contributed by atoms with Crippen molar-refractivity contribution in [1.82, 2.24) is 0 Å². The van der Waals surface area contributed by atoms with E-state index in [1.165, 1.54) is 0 Å². The molecule has 1 aliphatic heterocycles. The Balaban J connectivity index is 2.38. The maximum atomic E-state index is 5.54. The van der Waals surface area contributed by atoms with E-state index in [9.17, 15) is 0 Å². The fourth-order valence-electron chi connectivity index (χ4n) is 1.56. The normalized spacial score (nSPS) is 32.4. The summed E-state index contributed by atoms with van der Waals surface area (Å²) in [5, 5.41) is 0. The van der Waals surface area contributed by atoms with Crippen molar-refractivity contribution in [2.75, 3.05) is 19.8 Å². The smallest absolute Gasteiger partial charge is 0.186 e. The van der Waals surface area contributed by atoms with Crippen LogP contribution in [0.5, 0.6) is 0 Å². The molecule has 4 nitrogen and oxygen atoms in total. The highest BCUT2D eigenvalue weighted by Crippen LogP contribution is 2.24. The topological polar surface area (TPSA) is 36.9 Å². The summed E-state index contributed by atoms with van der Waals surface area (Å²) in [6.45, 7) is 7.83. The summed E-state index contributed by atoms with van der Waals surface area (Å²) in [6, 6.07) is 0. The predicted octanol–water partition coefficient (Wildman–Crippen LogP) is 1.54. The molecule has 84 valence electrons. The standard InChI is InChI=1S/C10H20O4/c1-4-11-8-7-9(12-5-2)14-10(8)13-6-3/h8-10H,4-7H2,1-3H3. The van der Waals surface area contributed by atoms with Crippen LogP contribution in [0.2, 0.25) is 0 Å². The average molecular weight is 204 g/mol. The third-order valence-corrected chi connectivity index (χ3v) is 2.08. The minimum absolute atomic E-state index is 0.0106. The molecule has 0 N–H and O–H groups in total. The van der Waals surface area contributed by atoms with Crippen molar-refractivity contribution in [1.29, 1.82) is 0 Å². The lowest BCUT2D eigenvalue weighted by Gasteiger charge is -2.17. The first-order valence-electron chi connectivity index (χ1n) is 5.32. The third-order valence-electron chi connectivity index (χ3n) is 2.08. The van der Waals surface area contributed by atoms with E-state index in [4.69, 9.17) is 18.9 Å². The van der Waals surface area contributed by atoms with E-state index in [0.29, 0.717) is 19.8 Å². The Morgan fingerprint density at radius 1 is 1.00 bits per heavy atom. The first-order valence-corrected chi connectivity index (χ1v) is 5.32. The summed E-state index contributed by atoms with van der Waals surface area (Å²) >= 11 is 0. The van der Waals surface area contributed by atoms with Gasteiger partial charge in [0.1, 0.15) is 6.10 Å². The van der Waals surface area contributed by atoms with Crippen molar-refractivity contribution in [3.05, 3.63) is 0 Å². The monoisotopic (exact) mass is 204 g/mol. The highest BCUT2D eigenvalue weighted by molar-refractivity contribution is 4.73. The highest BCUT2D eigenvalue weighted by atomic mass is 16.8. The molecule has 0 saturated carbocycles. The Bertz CT molecular complexity index is 137. The Labute approximate surface area is 85.5 Å². The summed E-state index contributed by atoms with van der Waals surface area (Å²) in [7, 11) is 0. The Morgan fingerprint density at radius 2 is 1.64 bits per heavy atom. The third kappa shape index (κ3) is 3.20. The van der Waals surface area contributed by atoms with E-state index < -0.39 is 0 Å². The molecule has 0 spiro atoms. The van der Waals surface area contributed by atoms with Gasteiger partial charge in [-0.25, -0.2) is 0 Å². The fraction of sp³-hybridized carbons (Fsp3) is 1.00. The van der Waals surface area contributed by atoms with Crippen LogP contribution in [0.4, 0.5) is 0 Å². The zero-order valence-corrected chi connectivity index (χ0v) is 9.19. The molecule has 1 rings (SSSR count).